The molecule has 1 heterocycles. The van der Waals surface area contributed by atoms with E-state index in [0.717, 1.165) is 30.7 Å². The predicted octanol–water partition coefficient (Wildman–Crippen LogP) is 4.97. The van der Waals surface area contributed by atoms with E-state index in [4.69, 9.17) is 0 Å². The third-order valence-corrected chi connectivity index (χ3v) is 5.35. The van der Waals surface area contributed by atoms with Gasteiger partial charge in [0, 0.05) is 30.7 Å². The number of nitrogens with one attached hydrogen (secondary N) is 1. The zero-order valence-electron chi connectivity index (χ0n) is 15.2. The van der Waals surface area contributed by atoms with Gasteiger partial charge in [-0.1, -0.05) is 30.3 Å². The van der Waals surface area contributed by atoms with Gasteiger partial charge >= 0.3 is 6.18 Å². The van der Waals surface area contributed by atoms with E-state index in [-0.39, 0.29) is 17.7 Å². The maximum absolute atomic E-state index is 12.6. The highest BCUT2D eigenvalue weighted by Gasteiger charge is 2.44. The van der Waals surface area contributed by atoms with Crippen LogP contribution in [0.4, 0.5) is 13.2 Å². The molecule has 1 N–H and O–H groups in total. The van der Waals surface area contributed by atoms with Crippen LogP contribution in [-0.2, 0) is 17.5 Å². The molecule has 0 aliphatic heterocycles. The molecule has 1 aliphatic carbocycles. The molecule has 0 unspecified atom stereocenters. The quantitative estimate of drug-likeness (QED) is 0.597. The fraction of sp³-hybridized carbons (Fsp3) is 0.318. The average Bonchev–Trinajstić information content (AvgIpc) is 3.39. The van der Waals surface area contributed by atoms with Crippen LogP contribution in [0.2, 0.25) is 0 Å². The number of fused-ring (bicyclic) bond motifs is 1. The molecule has 0 radical (unpaired) electrons. The van der Waals surface area contributed by atoms with Crippen LogP contribution in [0, 0.1) is 5.92 Å². The summed E-state index contributed by atoms with van der Waals surface area (Å²) >= 11 is 0. The summed E-state index contributed by atoms with van der Waals surface area (Å²) in [5, 5.41) is 4.16. The lowest BCUT2D eigenvalue weighted by atomic mass is 10.1. The zero-order valence-corrected chi connectivity index (χ0v) is 15.2. The number of aryl methyl sites for hydroxylation is 1. The minimum atomic E-state index is -4.33. The molecule has 4 rings (SSSR count). The van der Waals surface area contributed by atoms with Crippen LogP contribution in [0.1, 0.15) is 29.9 Å². The molecular formula is C22H21F3N2O. The first-order valence-electron chi connectivity index (χ1n) is 9.42. The summed E-state index contributed by atoms with van der Waals surface area (Å²) in [6.45, 7) is 1.41. The van der Waals surface area contributed by atoms with Crippen molar-refractivity contribution in [2.45, 2.75) is 31.5 Å². The Labute approximate surface area is 161 Å². The zero-order chi connectivity index (χ0) is 19.7. The number of aromatic nitrogens is 1. The molecule has 1 amide bonds. The van der Waals surface area contributed by atoms with Crippen LogP contribution in [0.15, 0.2) is 60.8 Å². The third kappa shape index (κ3) is 3.91. The van der Waals surface area contributed by atoms with Gasteiger partial charge in [0.05, 0.1) is 5.56 Å². The number of nitrogens with zero attached hydrogens (tertiary/aromatic N) is 1. The number of carbonyl (C=O) groups is 1. The molecule has 146 valence electrons. The summed E-state index contributed by atoms with van der Waals surface area (Å²) in [5.41, 5.74) is 1.32. The Hall–Kier alpha value is -2.76. The van der Waals surface area contributed by atoms with Gasteiger partial charge in [0.25, 0.3) is 0 Å². The molecule has 1 aromatic heterocycles. The smallest absolute Gasteiger partial charge is 0.356 e. The van der Waals surface area contributed by atoms with Gasteiger partial charge in [-0.3, -0.25) is 4.79 Å². The Morgan fingerprint density at radius 1 is 1.07 bits per heavy atom. The molecule has 0 bridgehead atoms. The van der Waals surface area contributed by atoms with Crippen molar-refractivity contribution in [2.24, 2.45) is 5.92 Å². The summed E-state index contributed by atoms with van der Waals surface area (Å²) in [4.78, 5) is 12.3. The number of hydrogen-bond acceptors (Lipinski definition) is 1. The lowest BCUT2D eigenvalue weighted by molar-refractivity contribution is -0.137. The minimum absolute atomic E-state index is 0.0118. The van der Waals surface area contributed by atoms with Crippen LogP contribution in [0.5, 0.6) is 0 Å². The van der Waals surface area contributed by atoms with Gasteiger partial charge in [-0.25, -0.2) is 0 Å². The number of benzene rings is 2. The van der Waals surface area contributed by atoms with E-state index in [0.29, 0.717) is 13.0 Å². The molecule has 2 atom stereocenters. The second-order valence-corrected chi connectivity index (χ2v) is 7.28. The number of alkyl halides is 3. The first-order valence-corrected chi connectivity index (χ1v) is 9.42. The van der Waals surface area contributed by atoms with Crippen molar-refractivity contribution < 1.29 is 18.0 Å². The van der Waals surface area contributed by atoms with Crippen LogP contribution < -0.4 is 5.32 Å². The average molecular weight is 386 g/mol. The summed E-state index contributed by atoms with van der Waals surface area (Å²) in [6.07, 6.45) is -0.764. The first-order chi connectivity index (χ1) is 13.4. The van der Waals surface area contributed by atoms with Gasteiger partial charge in [0.2, 0.25) is 5.91 Å². The van der Waals surface area contributed by atoms with Crippen LogP contribution in [0.25, 0.3) is 10.9 Å². The van der Waals surface area contributed by atoms with Gasteiger partial charge in [-0.15, -0.1) is 0 Å². The van der Waals surface area contributed by atoms with Crippen molar-refractivity contribution in [1.82, 2.24) is 9.88 Å². The highest BCUT2D eigenvalue weighted by molar-refractivity contribution is 5.83. The molecular weight excluding hydrogens is 365 g/mol. The number of rotatable bonds is 6. The molecule has 3 nitrogen and oxygen atoms in total. The van der Waals surface area contributed by atoms with E-state index < -0.39 is 11.7 Å². The standard InChI is InChI=1S/C22H21F3N2O/c23-22(24,25)17-8-6-15(7-9-17)18-14-19(18)21(28)26-11-3-12-27-13-10-16-4-1-2-5-20(16)27/h1-2,4-10,13,18-19H,3,11-12,14H2,(H,26,28)/t18-,19+/m0/s1. The molecule has 6 heteroatoms. The second-order valence-electron chi connectivity index (χ2n) is 7.28. The molecule has 0 spiro atoms. The maximum Gasteiger partial charge on any atom is 0.416 e. The fourth-order valence-electron chi connectivity index (χ4n) is 3.70. The molecule has 0 saturated heterocycles. The van der Waals surface area contributed by atoms with Crippen molar-refractivity contribution in [3.8, 4) is 0 Å². The van der Waals surface area contributed by atoms with Crippen molar-refractivity contribution >= 4 is 16.8 Å². The van der Waals surface area contributed by atoms with Gasteiger partial charge in [-0.05, 0) is 54.0 Å². The second kappa shape index (κ2) is 7.34. The monoisotopic (exact) mass is 386 g/mol. The number of para-hydroxylation sites is 1. The fourth-order valence-corrected chi connectivity index (χ4v) is 3.70. The normalized spacial score (nSPS) is 19.0. The topological polar surface area (TPSA) is 34.0 Å². The van der Waals surface area contributed by atoms with Crippen molar-refractivity contribution in [3.05, 3.63) is 71.9 Å². The molecule has 1 saturated carbocycles. The van der Waals surface area contributed by atoms with Crippen LogP contribution >= 0.6 is 0 Å². The highest BCUT2D eigenvalue weighted by Crippen LogP contribution is 2.47. The Morgan fingerprint density at radius 3 is 2.57 bits per heavy atom. The molecule has 3 aromatic rings. The van der Waals surface area contributed by atoms with Crippen LogP contribution in [0.3, 0.4) is 0 Å². The number of carbonyl (C=O) groups excluding carboxylic acids is 1. The van der Waals surface area contributed by atoms with E-state index in [9.17, 15) is 18.0 Å². The maximum atomic E-state index is 12.6. The van der Waals surface area contributed by atoms with E-state index in [2.05, 4.69) is 28.1 Å². The van der Waals surface area contributed by atoms with Gasteiger partial charge < -0.3 is 9.88 Å². The van der Waals surface area contributed by atoms with E-state index in [1.807, 2.05) is 18.3 Å². The first kappa shape index (κ1) is 18.6. The van der Waals surface area contributed by atoms with Gasteiger partial charge in [0.15, 0.2) is 0 Å². The Kier molecular flexibility index (Phi) is 4.87. The lowest BCUT2D eigenvalue weighted by Gasteiger charge is -2.08. The van der Waals surface area contributed by atoms with Crippen molar-refractivity contribution in [2.75, 3.05) is 6.54 Å². The largest absolute Gasteiger partial charge is 0.416 e. The van der Waals surface area contributed by atoms with Gasteiger partial charge in [-0.2, -0.15) is 13.2 Å². The van der Waals surface area contributed by atoms with Crippen LogP contribution in [-0.4, -0.2) is 17.0 Å². The van der Waals surface area contributed by atoms with E-state index in [1.165, 1.54) is 23.0 Å². The van der Waals surface area contributed by atoms with Crippen molar-refractivity contribution in [1.29, 1.82) is 0 Å². The predicted molar refractivity (Wildman–Crippen MR) is 102 cm³/mol. The highest BCUT2D eigenvalue weighted by atomic mass is 19.4. The Balaban J connectivity index is 1.24. The number of hydrogen-bond donors (Lipinski definition) is 1. The molecule has 2 aromatic carbocycles. The molecule has 1 aliphatic rings. The Morgan fingerprint density at radius 2 is 1.82 bits per heavy atom. The third-order valence-electron chi connectivity index (χ3n) is 5.35. The molecule has 28 heavy (non-hydrogen) atoms. The lowest BCUT2D eigenvalue weighted by Crippen LogP contribution is -2.27. The minimum Gasteiger partial charge on any atom is -0.356 e. The number of amides is 1. The van der Waals surface area contributed by atoms with E-state index >= 15 is 0 Å². The SMILES string of the molecule is O=C(NCCCn1ccc2ccccc21)[C@@H]1C[C@H]1c1ccc(C(F)(F)F)cc1. The summed E-state index contributed by atoms with van der Waals surface area (Å²) < 4.78 is 40.1. The van der Waals surface area contributed by atoms with Crippen molar-refractivity contribution in [3.63, 3.8) is 0 Å². The number of halogens is 3. The summed E-state index contributed by atoms with van der Waals surface area (Å²) in [5.74, 6) is -0.123. The summed E-state index contributed by atoms with van der Waals surface area (Å²) in [6, 6.07) is 15.4. The summed E-state index contributed by atoms with van der Waals surface area (Å²) in [7, 11) is 0. The van der Waals surface area contributed by atoms with Gasteiger partial charge in [0.1, 0.15) is 0 Å². The molecule has 1 fully saturated rings. The van der Waals surface area contributed by atoms with E-state index in [1.54, 1.807) is 0 Å². The Bertz CT molecular complexity index is 975.